The molecule has 0 unspecified atom stereocenters. The van der Waals surface area contributed by atoms with E-state index in [1.807, 2.05) is 11.8 Å². The third-order valence-electron chi connectivity index (χ3n) is 3.28. The molecule has 5 nitrogen and oxygen atoms in total. The highest BCUT2D eigenvalue weighted by Gasteiger charge is 2.36. The fraction of sp³-hybridized carbons (Fsp3) is 0.467. The van der Waals surface area contributed by atoms with Crippen LogP contribution < -0.4 is 0 Å². The van der Waals surface area contributed by atoms with Gasteiger partial charge in [-0.25, -0.2) is 0 Å². The van der Waals surface area contributed by atoms with Crippen LogP contribution in [0.3, 0.4) is 0 Å². The van der Waals surface area contributed by atoms with E-state index in [-0.39, 0.29) is 18.5 Å². The lowest BCUT2D eigenvalue weighted by Crippen LogP contribution is -2.46. The van der Waals surface area contributed by atoms with Crippen LogP contribution in [0.5, 0.6) is 0 Å². The second kappa shape index (κ2) is 5.34. The number of nitrogens with zero attached hydrogens (tertiary/aromatic N) is 2. The Morgan fingerprint density at radius 2 is 1.65 bits per heavy atom. The summed E-state index contributed by atoms with van der Waals surface area (Å²) in [6, 6.07) is 6.84. The number of aliphatic hydroxyl groups is 1. The molecule has 1 aromatic carbocycles. The summed E-state index contributed by atoms with van der Waals surface area (Å²) in [4.78, 5) is 27.6. The van der Waals surface area contributed by atoms with Crippen LogP contribution >= 0.6 is 0 Å². The molecule has 0 bridgehead atoms. The number of benzene rings is 1. The van der Waals surface area contributed by atoms with Gasteiger partial charge < -0.3 is 5.11 Å². The van der Waals surface area contributed by atoms with Crippen molar-refractivity contribution in [1.29, 1.82) is 0 Å². The van der Waals surface area contributed by atoms with Crippen LogP contribution in [0, 0.1) is 0 Å². The quantitative estimate of drug-likeness (QED) is 0.824. The third kappa shape index (κ3) is 2.89. The number of imide groups is 1. The largest absolute Gasteiger partial charge is 0.389 e. The molecule has 1 aromatic rings. The van der Waals surface area contributed by atoms with E-state index >= 15 is 0 Å². The number of likely N-dealkylation sites (N-methyl/N-ethyl adjacent to an activating group) is 1. The second-order valence-electron chi connectivity index (χ2n) is 5.68. The molecule has 0 aliphatic carbocycles. The van der Waals surface area contributed by atoms with Crippen molar-refractivity contribution < 1.29 is 14.7 Å². The molecular formula is C15H20N2O3. The average molecular weight is 276 g/mol. The normalized spacial score (nSPS) is 15.2. The number of fused-ring (bicyclic) bond motifs is 1. The molecule has 5 heteroatoms. The number of carbonyl (C=O) groups is 2. The molecule has 0 saturated heterocycles. The molecular weight excluding hydrogens is 256 g/mol. The molecule has 0 aromatic heterocycles. The number of amides is 2. The summed E-state index contributed by atoms with van der Waals surface area (Å²) in [6.07, 6.45) is 0. The monoisotopic (exact) mass is 276 g/mol. The van der Waals surface area contributed by atoms with Gasteiger partial charge in [0.2, 0.25) is 0 Å². The topological polar surface area (TPSA) is 60.9 Å². The Balaban J connectivity index is 2.15. The Morgan fingerprint density at radius 1 is 1.15 bits per heavy atom. The minimum Gasteiger partial charge on any atom is -0.389 e. The Bertz CT molecular complexity index is 499. The standard InChI is InChI=1S/C15H20N2O3/c1-4-16(9-15(2,3)20)10-17-13(18)11-7-5-6-8-12(11)14(17)19/h5-8,20H,4,9-10H2,1-3H3. The van der Waals surface area contributed by atoms with E-state index in [1.165, 1.54) is 4.90 Å². The van der Waals surface area contributed by atoms with Crippen LogP contribution in [-0.2, 0) is 0 Å². The first-order valence-corrected chi connectivity index (χ1v) is 6.73. The highest BCUT2D eigenvalue weighted by Crippen LogP contribution is 2.22. The Hall–Kier alpha value is -1.72. The molecule has 1 N–H and O–H groups in total. The zero-order valence-electron chi connectivity index (χ0n) is 12.1. The number of carbonyl (C=O) groups excluding carboxylic acids is 2. The summed E-state index contributed by atoms with van der Waals surface area (Å²) in [7, 11) is 0. The Morgan fingerprint density at radius 3 is 2.05 bits per heavy atom. The van der Waals surface area contributed by atoms with E-state index < -0.39 is 5.60 Å². The van der Waals surface area contributed by atoms with Gasteiger partial charge in [-0.1, -0.05) is 19.1 Å². The van der Waals surface area contributed by atoms with E-state index in [9.17, 15) is 14.7 Å². The lowest BCUT2D eigenvalue weighted by molar-refractivity contribution is 0.0172. The zero-order chi connectivity index (χ0) is 14.9. The number of hydrogen-bond donors (Lipinski definition) is 1. The van der Waals surface area contributed by atoms with Crippen LogP contribution in [0.4, 0.5) is 0 Å². The van der Waals surface area contributed by atoms with Crippen molar-refractivity contribution in [3.05, 3.63) is 35.4 Å². The smallest absolute Gasteiger partial charge is 0.262 e. The summed E-state index contributed by atoms with van der Waals surface area (Å²) >= 11 is 0. The van der Waals surface area contributed by atoms with Crippen LogP contribution in [0.2, 0.25) is 0 Å². The van der Waals surface area contributed by atoms with Gasteiger partial charge in [-0.2, -0.15) is 0 Å². The van der Waals surface area contributed by atoms with Crippen molar-refractivity contribution in [2.75, 3.05) is 19.8 Å². The van der Waals surface area contributed by atoms with Gasteiger partial charge in [-0.15, -0.1) is 0 Å². The van der Waals surface area contributed by atoms with Crippen LogP contribution in [0.1, 0.15) is 41.5 Å². The van der Waals surface area contributed by atoms with Gasteiger partial charge in [0, 0.05) is 6.54 Å². The summed E-state index contributed by atoms with van der Waals surface area (Å²) in [5.74, 6) is -0.528. The summed E-state index contributed by atoms with van der Waals surface area (Å²) in [6.45, 7) is 6.60. The minimum atomic E-state index is -0.866. The molecule has 0 atom stereocenters. The first-order chi connectivity index (χ1) is 9.33. The maximum Gasteiger partial charge on any atom is 0.262 e. The maximum atomic E-state index is 12.2. The predicted octanol–water partition coefficient (Wildman–Crippen LogP) is 1.33. The molecule has 0 radical (unpaired) electrons. The first kappa shape index (κ1) is 14.7. The van der Waals surface area contributed by atoms with Crippen molar-refractivity contribution >= 4 is 11.8 Å². The summed E-state index contributed by atoms with van der Waals surface area (Å²) in [5.41, 5.74) is 0.0444. The van der Waals surface area contributed by atoms with Crippen molar-refractivity contribution in [2.45, 2.75) is 26.4 Å². The second-order valence-corrected chi connectivity index (χ2v) is 5.68. The van der Waals surface area contributed by atoms with E-state index in [0.717, 1.165) is 0 Å². The molecule has 1 aliphatic heterocycles. The molecule has 2 amide bonds. The Labute approximate surface area is 118 Å². The molecule has 0 fully saturated rings. The van der Waals surface area contributed by atoms with Gasteiger partial charge >= 0.3 is 0 Å². The molecule has 108 valence electrons. The van der Waals surface area contributed by atoms with Crippen molar-refractivity contribution in [1.82, 2.24) is 9.80 Å². The van der Waals surface area contributed by atoms with E-state index in [2.05, 4.69) is 0 Å². The van der Waals surface area contributed by atoms with Gasteiger partial charge in [0.1, 0.15) is 0 Å². The van der Waals surface area contributed by atoms with Crippen molar-refractivity contribution in [3.8, 4) is 0 Å². The van der Waals surface area contributed by atoms with Gasteiger partial charge in [-0.3, -0.25) is 19.4 Å². The van der Waals surface area contributed by atoms with Gasteiger partial charge in [0.25, 0.3) is 11.8 Å². The zero-order valence-corrected chi connectivity index (χ0v) is 12.1. The average Bonchev–Trinajstić information content (AvgIpc) is 2.62. The maximum absolute atomic E-state index is 12.2. The minimum absolute atomic E-state index is 0.201. The summed E-state index contributed by atoms with van der Waals surface area (Å²) < 4.78 is 0. The predicted molar refractivity (Wildman–Crippen MR) is 75.4 cm³/mol. The molecule has 1 aliphatic rings. The molecule has 1 heterocycles. The Kier molecular flexibility index (Phi) is 3.92. The van der Waals surface area contributed by atoms with Crippen LogP contribution in [-0.4, -0.2) is 52.1 Å². The number of hydrogen-bond acceptors (Lipinski definition) is 4. The van der Waals surface area contributed by atoms with Gasteiger partial charge in [0.05, 0.1) is 23.4 Å². The van der Waals surface area contributed by atoms with Gasteiger partial charge in [0.15, 0.2) is 0 Å². The van der Waals surface area contributed by atoms with Crippen LogP contribution in [0.25, 0.3) is 0 Å². The van der Waals surface area contributed by atoms with Crippen molar-refractivity contribution in [2.24, 2.45) is 0 Å². The van der Waals surface area contributed by atoms with E-state index in [1.54, 1.807) is 38.1 Å². The third-order valence-corrected chi connectivity index (χ3v) is 3.28. The molecule has 0 spiro atoms. The first-order valence-electron chi connectivity index (χ1n) is 6.73. The SMILES string of the molecule is CCN(CN1C(=O)c2ccccc2C1=O)CC(C)(C)O. The lowest BCUT2D eigenvalue weighted by atomic mass is 10.1. The summed E-state index contributed by atoms with van der Waals surface area (Å²) in [5, 5.41) is 9.87. The lowest BCUT2D eigenvalue weighted by Gasteiger charge is -2.30. The van der Waals surface area contributed by atoms with E-state index in [4.69, 9.17) is 0 Å². The van der Waals surface area contributed by atoms with Crippen molar-refractivity contribution in [3.63, 3.8) is 0 Å². The number of rotatable bonds is 5. The fourth-order valence-corrected chi connectivity index (χ4v) is 2.38. The van der Waals surface area contributed by atoms with E-state index in [0.29, 0.717) is 24.2 Å². The molecule has 2 rings (SSSR count). The molecule has 20 heavy (non-hydrogen) atoms. The van der Waals surface area contributed by atoms with Crippen LogP contribution in [0.15, 0.2) is 24.3 Å². The highest BCUT2D eigenvalue weighted by atomic mass is 16.3. The highest BCUT2D eigenvalue weighted by molar-refractivity contribution is 6.21. The van der Waals surface area contributed by atoms with Gasteiger partial charge in [-0.05, 0) is 32.5 Å². The fourth-order valence-electron chi connectivity index (χ4n) is 2.38. The molecule has 0 saturated carbocycles.